The first-order chi connectivity index (χ1) is 13.0. The first-order valence-electron chi connectivity index (χ1n) is 9.14. The van der Waals surface area contributed by atoms with E-state index in [9.17, 15) is 8.42 Å². The van der Waals surface area contributed by atoms with Gasteiger partial charge >= 0.3 is 0 Å². The number of aromatic nitrogens is 1. The Morgan fingerprint density at radius 3 is 2.59 bits per heavy atom. The highest BCUT2D eigenvalue weighted by atomic mass is 32.2. The molecule has 0 aliphatic carbocycles. The second kappa shape index (κ2) is 6.94. The number of aryl methyl sites for hydroxylation is 1. The van der Waals surface area contributed by atoms with Gasteiger partial charge in [0.25, 0.3) is 0 Å². The van der Waals surface area contributed by atoms with Gasteiger partial charge in [-0.05, 0) is 43.7 Å². The van der Waals surface area contributed by atoms with Gasteiger partial charge in [-0.15, -0.1) is 0 Å². The van der Waals surface area contributed by atoms with E-state index in [0.717, 1.165) is 11.1 Å². The fraction of sp³-hybridized carbons (Fsp3) is 0.286. The summed E-state index contributed by atoms with van der Waals surface area (Å²) in [5.41, 5.74) is 2.89. The number of hydrogen-bond acceptors (Lipinski definition) is 4. The Bertz CT molecular complexity index is 1080. The fourth-order valence-electron chi connectivity index (χ4n) is 3.76. The van der Waals surface area contributed by atoms with Crippen molar-refractivity contribution in [1.29, 1.82) is 0 Å². The van der Waals surface area contributed by atoms with Crippen molar-refractivity contribution in [2.45, 2.75) is 24.8 Å². The third-order valence-electron chi connectivity index (χ3n) is 5.14. The van der Waals surface area contributed by atoms with Crippen molar-refractivity contribution in [3.8, 4) is 0 Å². The molecule has 3 aromatic rings. The molecular weight excluding hydrogens is 358 g/mol. The summed E-state index contributed by atoms with van der Waals surface area (Å²) in [6, 6.07) is 17.5. The fourth-order valence-corrected chi connectivity index (χ4v) is 5.43. The van der Waals surface area contributed by atoms with Crippen LogP contribution in [-0.4, -0.2) is 43.4 Å². The summed E-state index contributed by atoms with van der Waals surface area (Å²) in [5.74, 6) is 0. The van der Waals surface area contributed by atoms with Crippen LogP contribution in [0.3, 0.4) is 0 Å². The van der Waals surface area contributed by atoms with Crippen LogP contribution in [0.25, 0.3) is 10.9 Å². The largest absolute Gasteiger partial charge is 0.366 e. The van der Waals surface area contributed by atoms with Gasteiger partial charge in [-0.2, -0.15) is 4.31 Å². The molecule has 0 saturated carbocycles. The van der Waals surface area contributed by atoms with E-state index in [2.05, 4.69) is 41.9 Å². The second-order valence-corrected chi connectivity index (χ2v) is 8.98. The van der Waals surface area contributed by atoms with E-state index in [1.807, 2.05) is 24.3 Å². The van der Waals surface area contributed by atoms with Crippen LogP contribution in [0.5, 0.6) is 0 Å². The molecule has 0 spiro atoms. The van der Waals surface area contributed by atoms with Gasteiger partial charge in [0.05, 0.1) is 5.52 Å². The predicted octanol–water partition coefficient (Wildman–Crippen LogP) is 3.44. The highest BCUT2D eigenvalue weighted by molar-refractivity contribution is 7.89. The van der Waals surface area contributed by atoms with Crippen molar-refractivity contribution in [3.05, 3.63) is 66.4 Å². The minimum absolute atomic E-state index is 0.0956. The number of para-hydroxylation sites is 1. The highest BCUT2D eigenvalue weighted by Crippen LogP contribution is 2.28. The predicted molar refractivity (Wildman–Crippen MR) is 108 cm³/mol. The molecule has 2 aromatic carbocycles. The Labute approximate surface area is 160 Å². The molecule has 1 aliphatic rings. The smallest absolute Gasteiger partial charge is 0.245 e. The molecular formula is C21H23N3O2S. The van der Waals surface area contributed by atoms with Crippen LogP contribution in [-0.2, 0) is 10.0 Å². The monoisotopic (exact) mass is 381 g/mol. The van der Waals surface area contributed by atoms with E-state index in [-0.39, 0.29) is 10.9 Å². The van der Waals surface area contributed by atoms with Crippen LogP contribution in [0.2, 0.25) is 0 Å². The highest BCUT2D eigenvalue weighted by Gasteiger charge is 2.33. The molecule has 0 N–H and O–H groups in total. The van der Waals surface area contributed by atoms with Crippen molar-refractivity contribution in [3.63, 3.8) is 0 Å². The topological polar surface area (TPSA) is 53.5 Å². The maximum Gasteiger partial charge on any atom is 0.245 e. The lowest BCUT2D eigenvalue weighted by Gasteiger charge is -2.40. The Balaban J connectivity index is 1.63. The molecule has 2 heterocycles. The van der Waals surface area contributed by atoms with Crippen LogP contribution < -0.4 is 4.90 Å². The summed E-state index contributed by atoms with van der Waals surface area (Å²) >= 11 is 0. The van der Waals surface area contributed by atoms with Crippen molar-refractivity contribution in [1.82, 2.24) is 9.29 Å². The van der Waals surface area contributed by atoms with Gasteiger partial charge in [0.2, 0.25) is 10.0 Å². The Kier molecular flexibility index (Phi) is 4.61. The number of hydrogen-bond donors (Lipinski definition) is 0. The number of piperazine rings is 1. The van der Waals surface area contributed by atoms with E-state index in [1.165, 1.54) is 5.56 Å². The SMILES string of the molecule is Cc1cccc(N2CCN(S(=O)(=O)c3cccc4cccnc34)CC2C)c1. The molecule has 1 saturated heterocycles. The summed E-state index contributed by atoms with van der Waals surface area (Å²) in [7, 11) is -3.59. The van der Waals surface area contributed by atoms with Crippen LogP contribution in [0.4, 0.5) is 5.69 Å². The molecule has 0 amide bonds. The molecule has 0 radical (unpaired) electrons. The molecule has 27 heavy (non-hydrogen) atoms. The zero-order valence-electron chi connectivity index (χ0n) is 15.5. The normalized spacial score (nSPS) is 18.7. The molecule has 4 rings (SSSR count). The summed E-state index contributed by atoms with van der Waals surface area (Å²) in [6.45, 7) is 5.74. The Morgan fingerprint density at radius 2 is 1.81 bits per heavy atom. The first-order valence-corrected chi connectivity index (χ1v) is 10.6. The van der Waals surface area contributed by atoms with Gasteiger partial charge in [0.1, 0.15) is 4.90 Å². The number of fused-ring (bicyclic) bond motifs is 1. The molecule has 140 valence electrons. The van der Waals surface area contributed by atoms with E-state index >= 15 is 0 Å². The molecule has 1 aliphatic heterocycles. The Morgan fingerprint density at radius 1 is 1.04 bits per heavy atom. The van der Waals surface area contributed by atoms with Crippen molar-refractivity contribution >= 4 is 26.6 Å². The average molecular weight is 382 g/mol. The van der Waals surface area contributed by atoms with Gasteiger partial charge in [0, 0.05) is 42.9 Å². The molecule has 0 bridgehead atoms. The average Bonchev–Trinajstić information content (AvgIpc) is 2.67. The van der Waals surface area contributed by atoms with E-state index in [4.69, 9.17) is 0 Å². The van der Waals surface area contributed by atoms with Crippen molar-refractivity contribution in [2.24, 2.45) is 0 Å². The lowest BCUT2D eigenvalue weighted by molar-refractivity contribution is 0.343. The lowest BCUT2D eigenvalue weighted by atomic mass is 10.1. The van der Waals surface area contributed by atoms with Gasteiger partial charge in [0.15, 0.2) is 0 Å². The third kappa shape index (κ3) is 3.31. The number of nitrogens with zero attached hydrogens (tertiary/aromatic N) is 3. The first kappa shape index (κ1) is 17.9. The third-order valence-corrected chi connectivity index (χ3v) is 7.03. The number of rotatable bonds is 3. The number of pyridine rings is 1. The van der Waals surface area contributed by atoms with E-state index in [0.29, 0.717) is 25.2 Å². The number of anilines is 1. The standard InChI is InChI=1S/C21H23N3O2S/c1-16-6-3-9-19(14-16)24-13-12-23(15-17(24)2)27(25,26)20-10-4-7-18-8-5-11-22-21(18)20/h3-11,14,17H,12-13,15H2,1-2H3. The number of benzene rings is 2. The molecule has 5 nitrogen and oxygen atoms in total. The molecule has 6 heteroatoms. The summed E-state index contributed by atoms with van der Waals surface area (Å²) < 4.78 is 28.2. The molecule has 1 atom stereocenters. The minimum atomic E-state index is -3.59. The van der Waals surface area contributed by atoms with Gasteiger partial charge in [-0.25, -0.2) is 8.42 Å². The van der Waals surface area contributed by atoms with E-state index in [1.54, 1.807) is 22.6 Å². The summed E-state index contributed by atoms with van der Waals surface area (Å²) in [6.07, 6.45) is 1.64. The van der Waals surface area contributed by atoms with Crippen molar-refractivity contribution in [2.75, 3.05) is 24.5 Å². The van der Waals surface area contributed by atoms with Crippen LogP contribution in [0.1, 0.15) is 12.5 Å². The van der Waals surface area contributed by atoms with Gasteiger partial charge in [-0.3, -0.25) is 4.98 Å². The maximum atomic E-state index is 13.3. The van der Waals surface area contributed by atoms with Crippen LogP contribution >= 0.6 is 0 Å². The van der Waals surface area contributed by atoms with E-state index < -0.39 is 10.0 Å². The maximum absolute atomic E-state index is 13.3. The quantitative estimate of drug-likeness (QED) is 0.697. The molecule has 1 fully saturated rings. The zero-order chi connectivity index (χ0) is 19.0. The van der Waals surface area contributed by atoms with Crippen LogP contribution in [0, 0.1) is 6.92 Å². The minimum Gasteiger partial charge on any atom is -0.366 e. The lowest BCUT2D eigenvalue weighted by Crippen LogP contribution is -2.53. The zero-order valence-corrected chi connectivity index (χ0v) is 16.4. The molecule has 1 aromatic heterocycles. The van der Waals surface area contributed by atoms with Gasteiger partial charge in [-0.1, -0.05) is 30.3 Å². The Hall–Kier alpha value is -2.44. The summed E-state index contributed by atoms with van der Waals surface area (Å²) in [4.78, 5) is 6.88. The second-order valence-electron chi connectivity index (χ2n) is 7.08. The van der Waals surface area contributed by atoms with Crippen LogP contribution in [0.15, 0.2) is 65.7 Å². The van der Waals surface area contributed by atoms with Gasteiger partial charge < -0.3 is 4.90 Å². The summed E-state index contributed by atoms with van der Waals surface area (Å²) in [5, 5.41) is 0.838. The van der Waals surface area contributed by atoms with Crippen molar-refractivity contribution < 1.29 is 8.42 Å². The number of sulfonamides is 1. The molecule has 1 unspecified atom stereocenters.